The molecule has 0 unspecified atom stereocenters. The number of benzene rings is 1. The van der Waals surface area contributed by atoms with Gasteiger partial charge in [-0.25, -0.2) is 0 Å². The van der Waals surface area contributed by atoms with E-state index >= 15 is 0 Å². The average molecular weight is 341 g/mol. The molecular formula is C19H23N3OS. The van der Waals surface area contributed by atoms with Crippen LogP contribution in [0.25, 0.3) is 6.08 Å². The Hall–Kier alpha value is -2.11. The maximum Gasteiger partial charge on any atom is 0.248 e. The van der Waals surface area contributed by atoms with Crippen LogP contribution < -0.4 is 10.6 Å². The van der Waals surface area contributed by atoms with E-state index in [4.69, 9.17) is 0 Å². The van der Waals surface area contributed by atoms with Crippen LogP contribution in [0.15, 0.2) is 47.9 Å². The molecule has 126 valence electrons. The van der Waals surface area contributed by atoms with Crippen LogP contribution in [0.3, 0.4) is 0 Å². The highest BCUT2D eigenvalue weighted by Gasteiger charge is 2.17. The van der Waals surface area contributed by atoms with Gasteiger partial charge in [0.1, 0.15) is 0 Å². The Balaban J connectivity index is 1.62. The van der Waals surface area contributed by atoms with Crippen LogP contribution in [-0.4, -0.2) is 37.0 Å². The predicted molar refractivity (Wildman–Crippen MR) is 103 cm³/mol. The molecule has 0 radical (unpaired) electrons. The number of hydrogen-bond donors (Lipinski definition) is 2. The molecule has 0 saturated carbocycles. The second-order valence-corrected chi connectivity index (χ2v) is 7.08. The van der Waals surface area contributed by atoms with E-state index in [1.54, 1.807) is 17.4 Å². The Morgan fingerprint density at radius 1 is 1.17 bits per heavy atom. The van der Waals surface area contributed by atoms with Gasteiger partial charge in [0.05, 0.1) is 11.4 Å². The number of carbonyl (C=O) groups excluding carboxylic acids is 1. The number of hydrogen-bond acceptors (Lipinski definition) is 4. The molecule has 1 saturated heterocycles. The first kappa shape index (κ1) is 16.7. The number of piperidine rings is 1. The molecule has 2 aromatic rings. The Morgan fingerprint density at radius 2 is 1.92 bits per heavy atom. The van der Waals surface area contributed by atoms with Crippen LogP contribution in [0.5, 0.6) is 0 Å². The largest absolute Gasteiger partial charge is 0.381 e. The van der Waals surface area contributed by atoms with Crippen molar-refractivity contribution in [3.05, 3.63) is 52.7 Å². The normalized spacial score (nSPS) is 16.4. The van der Waals surface area contributed by atoms with E-state index in [1.165, 1.54) is 0 Å². The third-order valence-corrected chi connectivity index (χ3v) is 5.04. The van der Waals surface area contributed by atoms with Crippen molar-refractivity contribution in [3.63, 3.8) is 0 Å². The lowest BCUT2D eigenvalue weighted by atomic mass is 10.0. The number of rotatable bonds is 5. The molecule has 0 aliphatic carbocycles. The maximum absolute atomic E-state index is 12.2. The first-order chi connectivity index (χ1) is 11.7. The minimum absolute atomic E-state index is 0.110. The van der Waals surface area contributed by atoms with Crippen molar-refractivity contribution in [2.75, 3.05) is 30.8 Å². The summed E-state index contributed by atoms with van der Waals surface area (Å²) in [5, 5.41) is 8.56. The smallest absolute Gasteiger partial charge is 0.248 e. The molecule has 1 fully saturated rings. The fourth-order valence-electron chi connectivity index (χ4n) is 2.81. The van der Waals surface area contributed by atoms with Gasteiger partial charge >= 0.3 is 0 Å². The van der Waals surface area contributed by atoms with Gasteiger partial charge < -0.3 is 15.5 Å². The van der Waals surface area contributed by atoms with E-state index in [2.05, 4.69) is 22.6 Å². The molecule has 5 heteroatoms. The van der Waals surface area contributed by atoms with Crippen LogP contribution in [0.4, 0.5) is 11.4 Å². The van der Waals surface area contributed by atoms with E-state index in [0.717, 1.165) is 42.2 Å². The third kappa shape index (κ3) is 4.69. The van der Waals surface area contributed by atoms with Crippen molar-refractivity contribution >= 4 is 34.7 Å². The van der Waals surface area contributed by atoms with E-state index in [-0.39, 0.29) is 5.91 Å². The van der Waals surface area contributed by atoms with Gasteiger partial charge in [-0.1, -0.05) is 18.2 Å². The van der Waals surface area contributed by atoms with Crippen molar-refractivity contribution in [3.8, 4) is 0 Å². The molecule has 2 heterocycles. The molecule has 3 rings (SSSR count). The summed E-state index contributed by atoms with van der Waals surface area (Å²) in [5.74, 6) is -0.110. The minimum Gasteiger partial charge on any atom is -0.381 e. The van der Waals surface area contributed by atoms with Crippen molar-refractivity contribution < 1.29 is 4.79 Å². The lowest BCUT2D eigenvalue weighted by molar-refractivity contribution is -0.111. The second kappa shape index (κ2) is 8.13. The Kier molecular flexibility index (Phi) is 5.67. The lowest BCUT2D eigenvalue weighted by Gasteiger charge is -2.30. The van der Waals surface area contributed by atoms with Gasteiger partial charge in [0.2, 0.25) is 5.91 Å². The average Bonchev–Trinajstić information content (AvgIpc) is 3.10. The molecular weight excluding hydrogens is 318 g/mol. The van der Waals surface area contributed by atoms with Gasteiger partial charge in [0.15, 0.2) is 0 Å². The molecule has 24 heavy (non-hydrogen) atoms. The van der Waals surface area contributed by atoms with Gasteiger partial charge in [0, 0.05) is 17.0 Å². The summed E-state index contributed by atoms with van der Waals surface area (Å²) in [6.07, 6.45) is 5.67. The van der Waals surface area contributed by atoms with Crippen molar-refractivity contribution in [2.45, 2.75) is 18.9 Å². The number of anilines is 2. The number of nitrogens with zero attached hydrogens (tertiary/aromatic N) is 1. The number of para-hydroxylation sites is 2. The van der Waals surface area contributed by atoms with E-state index < -0.39 is 0 Å². The number of likely N-dealkylation sites (tertiary alicyclic amines) is 1. The molecule has 1 amide bonds. The third-order valence-electron chi connectivity index (χ3n) is 4.21. The summed E-state index contributed by atoms with van der Waals surface area (Å²) in [4.78, 5) is 15.6. The van der Waals surface area contributed by atoms with Gasteiger partial charge in [0.25, 0.3) is 0 Å². The zero-order chi connectivity index (χ0) is 16.8. The van der Waals surface area contributed by atoms with Crippen molar-refractivity contribution in [2.24, 2.45) is 0 Å². The molecule has 1 aliphatic heterocycles. The molecule has 1 aliphatic rings. The fourth-order valence-corrected chi connectivity index (χ4v) is 3.43. The lowest BCUT2D eigenvalue weighted by Crippen LogP contribution is -2.36. The van der Waals surface area contributed by atoms with Gasteiger partial charge in [-0.3, -0.25) is 4.79 Å². The molecule has 2 N–H and O–H groups in total. The van der Waals surface area contributed by atoms with Crippen molar-refractivity contribution in [1.82, 2.24) is 4.90 Å². The predicted octanol–water partition coefficient (Wildman–Crippen LogP) is 3.91. The first-order valence-electron chi connectivity index (χ1n) is 8.27. The maximum atomic E-state index is 12.2. The number of amides is 1. The van der Waals surface area contributed by atoms with Gasteiger partial charge in [-0.15, -0.1) is 11.3 Å². The topological polar surface area (TPSA) is 44.4 Å². The van der Waals surface area contributed by atoms with E-state index in [9.17, 15) is 4.79 Å². The number of carbonyl (C=O) groups is 1. The van der Waals surface area contributed by atoms with E-state index in [0.29, 0.717) is 6.04 Å². The summed E-state index contributed by atoms with van der Waals surface area (Å²) in [6, 6.07) is 12.3. The van der Waals surface area contributed by atoms with Crippen LogP contribution in [0.2, 0.25) is 0 Å². The van der Waals surface area contributed by atoms with Crippen LogP contribution >= 0.6 is 11.3 Å². The number of nitrogens with one attached hydrogen (secondary N) is 2. The second-order valence-electron chi connectivity index (χ2n) is 6.11. The zero-order valence-electron chi connectivity index (χ0n) is 13.9. The van der Waals surface area contributed by atoms with Crippen molar-refractivity contribution in [1.29, 1.82) is 0 Å². The van der Waals surface area contributed by atoms with Gasteiger partial charge in [-0.05, 0) is 62.6 Å². The Bertz CT molecular complexity index is 688. The SMILES string of the molecule is CN1CCC(Nc2ccccc2NC(=O)C=Cc2cccs2)CC1. The summed E-state index contributed by atoms with van der Waals surface area (Å²) >= 11 is 1.61. The molecule has 0 bridgehead atoms. The monoisotopic (exact) mass is 341 g/mol. The van der Waals surface area contributed by atoms with Gasteiger partial charge in [-0.2, -0.15) is 0 Å². The quantitative estimate of drug-likeness (QED) is 0.811. The summed E-state index contributed by atoms with van der Waals surface area (Å²) < 4.78 is 0. The summed E-state index contributed by atoms with van der Waals surface area (Å²) in [6.45, 7) is 2.21. The highest BCUT2D eigenvalue weighted by atomic mass is 32.1. The molecule has 0 spiro atoms. The molecule has 1 aromatic carbocycles. The number of thiophene rings is 1. The highest BCUT2D eigenvalue weighted by Crippen LogP contribution is 2.24. The first-order valence-corrected chi connectivity index (χ1v) is 9.15. The van der Waals surface area contributed by atoms with Crippen LogP contribution in [0, 0.1) is 0 Å². The van der Waals surface area contributed by atoms with Crippen LogP contribution in [-0.2, 0) is 4.79 Å². The Morgan fingerprint density at radius 3 is 2.62 bits per heavy atom. The van der Waals surface area contributed by atoms with Crippen LogP contribution in [0.1, 0.15) is 17.7 Å². The zero-order valence-corrected chi connectivity index (χ0v) is 14.7. The molecule has 1 aromatic heterocycles. The standard InChI is InChI=1S/C19H23N3OS/c1-22-12-10-15(11-13-22)20-17-6-2-3-7-18(17)21-19(23)9-8-16-5-4-14-24-16/h2-9,14-15,20H,10-13H2,1H3,(H,21,23). The molecule has 0 atom stereocenters. The summed E-state index contributed by atoms with van der Waals surface area (Å²) in [5.41, 5.74) is 1.82. The minimum atomic E-state index is -0.110. The summed E-state index contributed by atoms with van der Waals surface area (Å²) in [7, 11) is 2.16. The fraction of sp³-hybridized carbons (Fsp3) is 0.316. The van der Waals surface area contributed by atoms with E-state index in [1.807, 2.05) is 47.9 Å². The Labute approximate surface area is 147 Å². The highest BCUT2D eigenvalue weighted by molar-refractivity contribution is 7.10. The molecule has 4 nitrogen and oxygen atoms in total.